The van der Waals surface area contributed by atoms with Crippen molar-refractivity contribution >= 4 is 17.7 Å². The lowest BCUT2D eigenvalue weighted by Crippen LogP contribution is -2.00. The number of benzene rings is 2. The molecule has 3 aromatic rings. The van der Waals surface area contributed by atoms with Gasteiger partial charge in [0.15, 0.2) is 17.3 Å². The maximum atomic E-state index is 11.9. The minimum atomic E-state index is -0.580. The Balaban J connectivity index is 1.58. The molecule has 0 amide bonds. The van der Waals surface area contributed by atoms with Gasteiger partial charge in [0.25, 0.3) is 5.69 Å². The Kier molecular flexibility index (Phi) is 6.43. The van der Waals surface area contributed by atoms with Crippen LogP contribution >= 0.6 is 0 Å². The highest BCUT2D eigenvalue weighted by atomic mass is 16.6. The Morgan fingerprint density at radius 2 is 1.83 bits per heavy atom. The number of hydrogen-bond donors (Lipinski definition) is 0. The summed E-state index contributed by atoms with van der Waals surface area (Å²) in [4.78, 5) is 22.0. The highest BCUT2D eigenvalue weighted by Gasteiger charge is 2.12. The number of non-ortho nitro benzene ring substituents is 1. The fourth-order valence-corrected chi connectivity index (χ4v) is 2.57. The molecule has 0 bridgehead atoms. The van der Waals surface area contributed by atoms with Crippen LogP contribution in [0.15, 0.2) is 59.1 Å². The van der Waals surface area contributed by atoms with Crippen molar-refractivity contribution in [1.29, 1.82) is 0 Å². The van der Waals surface area contributed by atoms with E-state index in [1.54, 1.807) is 31.4 Å². The molecule has 0 atom stereocenters. The van der Waals surface area contributed by atoms with Gasteiger partial charge in [-0.1, -0.05) is 5.16 Å². The van der Waals surface area contributed by atoms with Crippen LogP contribution in [0.25, 0.3) is 17.4 Å². The van der Waals surface area contributed by atoms with Gasteiger partial charge in [-0.05, 0) is 42.0 Å². The van der Waals surface area contributed by atoms with Crippen molar-refractivity contribution in [3.05, 3.63) is 76.0 Å². The fraction of sp³-hybridized carbons (Fsp3) is 0.143. The van der Waals surface area contributed by atoms with E-state index in [-0.39, 0.29) is 12.3 Å². The van der Waals surface area contributed by atoms with E-state index in [9.17, 15) is 14.9 Å². The molecule has 0 N–H and O–H groups in total. The zero-order valence-corrected chi connectivity index (χ0v) is 16.2. The van der Waals surface area contributed by atoms with Gasteiger partial charge in [0, 0.05) is 29.8 Å². The van der Waals surface area contributed by atoms with Crippen LogP contribution in [0.4, 0.5) is 5.69 Å². The number of rotatable bonds is 8. The van der Waals surface area contributed by atoms with Crippen LogP contribution in [-0.2, 0) is 16.1 Å². The molecule has 3 rings (SSSR count). The van der Waals surface area contributed by atoms with Crippen molar-refractivity contribution in [1.82, 2.24) is 5.16 Å². The van der Waals surface area contributed by atoms with Gasteiger partial charge in [0.05, 0.1) is 19.1 Å². The summed E-state index contributed by atoms with van der Waals surface area (Å²) in [7, 11) is 3.09. The Morgan fingerprint density at radius 1 is 1.10 bits per heavy atom. The van der Waals surface area contributed by atoms with Gasteiger partial charge in [0.1, 0.15) is 12.3 Å². The van der Waals surface area contributed by atoms with E-state index in [1.807, 2.05) is 0 Å². The third-order valence-corrected chi connectivity index (χ3v) is 4.11. The Morgan fingerprint density at radius 3 is 2.50 bits per heavy atom. The van der Waals surface area contributed by atoms with Gasteiger partial charge < -0.3 is 18.7 Å². The van der Waals surface area contributed by atoms with Crippen LogP contribution in [0.1, 0.15) is 11.3 Å². The fourth-order valence-electron chi connectivity index (χ4n) is 2.57. The van der Waals surface area contributed by atoms with Crippen LogP contribution in [-0.4, -0.2) is 30.3 Å². The smallest absolute Gasteiger partial charge is 0.331 e. The first kappa shape index (κ1) is 20.6. The molecule has 0 radical (unpaired) electrons. The van der Waals surface area contributed by atoms with Crippen LogP contribution in [0.3, 0.4) is 0 Å². The molecular formula is C21H18N2O7. The molecule has 1 heterocycles. The number of methoxy groups -OCH3 is 2. The second kappa shape index (κ2) is 9.37. The Bertz CT molecular complexity index is 1070. The maximum Gasteiger partial charge on any atom is 0.331 e. The van der Waals surface area contributed by atoms with E-state index in [2.05, 4.69) is 5.16 Å². The van der Waals surface area contributed by atoms with E-state index in [1.165, 1.54) is 43.5 Å². The molecule has 0 unspecified atom stereocenters. The molecular weight excluding hydrogens is 392 g/mol. The number of aromatic nitrogens is 1. The van der Waals surface area contributed by atoms with Gasteiger partial charge >= 0.3 is 5.97 Å². The first-order valence-electron chi connectivity index (χ1n) is 8.77. The average Bonchev–Trinajstić information content (AvgIpc) is 3.25. The number of nitrogens with zero attached hydrogens (tertiary/aromatic N) is 2. The lowest BCUT2D eigenvalue weighted by molar-refractivity contribution is -0.384. The summed E-state index contributed by atoms with van der Waals surface area (Å²) in [6.07, 6.45) is 2.74. The van der Waals surface area contributed by atoms with Gasteiger partial charge in [-0.25, -0.2) is 4.79 Å². The summed E-state index contributed by atoms with van der Waals surface area (Å²) in [5, 5.41) is 14.5. The molecule has 0 aliphatic carbocycles. The van der Waals surface area contributed by atoms with Gasteiger partial charge in [0.2, 0.25) is 0 Å². The predicted molar refractivity (Wildman–Crippen MR) is 107 cm³/mol. The maximum absolute atomic E-state index is 11.9. The lowest BCUT2D eigenvalue weighted by atomic mass is 10.1. The topological polar surface area (TPSA) is 114 Å². The third-order valence-electron chi connectivity index (χ3n) is 4.11. The number of esters is 1. The molecule has 9 nitrogen and oxygen atoms in total. The van der Waals surface area contributed by atoms with Crippen molar-refractivity contribution in [3.63, 3.8) is 0 Å². The van der Waals surface area contributed by atoms with Gasteiger partial charge in [-0.3, -0.25) is 10.1 Å². The number of ether oxygens (including phenoxy) is 3. The zero-order valence-electron chi connectivity index (χ0n) is 16.2. The second-order valence-electron chi connectivity index (χ2n) is 6.04. The van der Waals surface area contributed by atoms with Crippen molar-refractivity contribution in [2.24, 2.45) is 0 Å². The molecule has 0 aliphatic rings. The van der Waals surface area contributed by atoms with E-state index in [0.717, 1.165) is 5.56 Å². The predicted octanol–water partition coefficient (Wildman–Crippen LogP) is 4.02. The summed E-state index contributed by atoms with van der Waals surface area (Å²) in [5.74, 6) is 1.05. The number of hydrogen-bond acceptors (Lipinski definition) is 8. The molecule has 9 heteroatoms. The number of nitro groups is 1. The molecule has 0 saturated carbocycles. The van der Waals surface area contributed by atoms with Crippen molar-refractivity contribution in [3.8, 4) is 22.8 Å². The highest BCUT2D eigenvalue weighted by Crippen LogP contribution is 2.32. The van der Waals surface area contributed by atoms with Gasteiger partial charge in [-0.2, -0.15) is 0 Å². The molecule has 0 spiro atoms. The lowest BCUT2D eigenvalue weighted by Gasteiger charge is -2.07. The minimum Gasteiger partial charge on any atom is -0.493 e. The standard InChI is InChI=1S/C21H18N2O7/c1-27-18-9-6-15(11-20(18)28-2)19-12-16(22-30-19)13-29-21(24)10-5-14-3-7-17(8-4-14)23(25)26/h3-12H,13H2,1-2H3/b10-5-. The van der Waals surface area contributed by atoms with Gasteiger partial charge in [-0.15, -0.1) is 0 Å². The van der Waals surface area contributed by atoms with Crippen LogP contribution in [0.5, 0.6) is 11.5 Å². The van der Waals surface area contributed by atoms with Crippen LogP contribution < -0.4 is 9.47 Å². The van der Waals surface area contributed by atoms with E-state index in [4.69, 9.17) is 18.7 Å². The van der Waals surface area contributed by atoms with Crippen molar-refractivity contribution < 1.29 is 28.5 Å². The molecule has 154 valence electrons. The SMILES string of the molecule is COc1ccc(-c2cc(COC(=O)/C=C\c3ccc([N+](=O)[O-])cc3)no2)cc1OC. The second-order valence-corrected chi connectivity index (χ2v) is 6.04. The monoisotopic (exact) mass is 410 g/mol. The highest BCUT2D eigenvalue weighted by molar-refractivity contribution is 5.87. The number of carbonyl (C=O) groups is 1. The number of nitro benzene ring substituents is 1. The molecule has 2 aromatic carbocycles. The average molecular weight is 410 g/mol. The summed E-state index contributed by atoms with van der Waals surface area (Å²) in [5.41, 5.74) is 1.79. The van der Waals surface area contributed by atoms with E-state index < -0.39 is 10.9 Å². The quantitative estimate of drug-likeness (QED) is 0.237. The molecule has 0 saturated heterocycles. The minimum absolute atomic E-state index is 0.0222. The molecule has 0 fully saturated rings. The summed E-state index contributed by atoms with van der Waals surface area (Å²) in [6.45, 7) is -0.0692. The summed E-state index contributed by atoms with van der Waals surface area (Å²) < 4.78 is 20.9. The zero-order chi connectivity index (χ0) is 21.5. The first-order valence-corrected chi connectivity index (χ1v) is 8.77. The first-order chi connectivity index (χ1) is 14.5. The number of carbonyl (C=O) groups excluding carboxylic acids is 1. The molecule has 30 heavy (non-hydrogen) atoms. The third kappa shape index (κ3) is 5.02. The van der Waals surface area contributed by atoms with Crippen LogP contribution in [0.2, 0.25) is 0 Å². The molecule has 0 aliphatic heterocycles. The van der Waals surface area contributed by atoms with Crippen molar-refractivity contribution in [2.75, 3.05) is 14.2 Å². The summed E-state index contributed by atoms with van der Waals surface area (Å²) >= 11 is 0. The molecule has 1 aromatic heterocycles. The summed E-state index contributed by atoms with van der Waals surface area (Å²) in [6, 6.07) is 12.7. The van der Waals surface area contributed by atoms with Crippen molar-refractivity contribution in [2.45, 2.75) is 6.61 Å². The largest absolute Gasteiger partial charge is 0.493 e. The van der Waals surface area contributed by atoms with Crippen LogP contribution in [0, 0.1) is 10.1 Å². The Labute approximate surface area is 171 Å². The Hall–Kier alpha value is -4.14. The van der Waals surface area contributed by atoms with E-state index >= 15 is 0 Å². The van der Waals surface area contributed by atoms with E-state index in [0.29, 0.717) is 28.5 Å². The normalized spacial score (nSPS) is 10.7.